The van der Waals surface area contributed by atoms with Crippen LogP contribution in [-0.4, -0.2) is 30.1 Å². The molecule has 1 amide bonds. The topological polar surface area (TPSA) is 118 Å². The van der Waals surface area contributed by atoms with Crippen molar-refractivity contribution in [3.8, 4) is 0 Å². The molecular weight excluding hydrogens is 258 g/mol. The zero-order valence-corrected chi connectivity index (χ0v) is 10.9. The Morgan fingerprint density at radius 3 is 2.67 bits per heavy atom. The molecule has 0 saturated heterocycles. The van der Waals surface area contributed by atoms with Crippen molar-refractivity contribution in [2.45, 2.75) is 25.6 Å². The first-order chi connectivity index (χ1) is 8.43. The van der Waals surface area contributed by atoms with E-state index in [0.29, 0.717) is 10.8 Å². The van der Waals surface area contributed by atoms with E-state index in [2.05, 4.69) is 9.72 Å². The van der Waals surface area contributed by atoms with Crippen molar-refractivity contribution in [2.24, 2.45) is 5.73 Å². The number of ether oxygens (including phenoxy) is 2. The Morgan fingerprint density at radius 2 is 2.22 bits per heavy atom. The van der Waals surface area contributed by atoms with Crippen molar-refractivity contribution in [1.82, 2.24) is 4.98 Å². The first-order valence-corrected chi connectivity index (χ1v) is 6.04. The average Bonchev–Trinajstić information content (AvgIpc) is 2.71. The van der Waals surface area contributed by atoms with Crippen molar-refractivity contribution >= 4 is 28.3 Å². The highest BCUT2D eigenvalue weighted by molar-refractivity contribution is 7.13. The lowest BCUT2D eigenvalue weighted by Gasteiger charge is -2.17. The van der Waals surface area contributed by atoms with Gasteiger partial charge in [-0.2, -0.15) is 0 Å². The quantitative estimate of drug-likeness (QED) is 0.716. The number of aromatic nitrogens is 1. The largest absolute Gasteiger partial charge is 0.469 e. The number of esters is 1. The molecule has 0 bridgehead atoms. The van der Waals surface area contributed by atoms with Crippen molar-refractivity contribution < 1.29 is 19.1 Å². The third-order valence-electron chi connectivity index (χ3n) is 2.12. The number of anilines is 1. The summed E-state index contributed by atoms with van der Waals surface area (Å²) in [6.45, 7) is 1.64. The lowest BCUT2D eigenvalue weighted by Crippen LogP contribution is -2.28. The van der Waals surface area contributed by atoms with Crippen molar-refractivity contribution in [2.75, 3.05) is 12.8 Å². The molecule has 1 aromatic heterocycles. The van der Waals surface area contributed by atoms with Gasteiger partial charge in [0.05, 0.1) is 25.3 Å². The first kappa shape index (κ1) is 14.4. The van der Waals surface area contributed by atoms with Crippen LogP contribution in [0.3, 0.4) is 0 Å². The molecule has 2 atom stereocenters. The Bertz CT molecular complexity index is 435. The van der Waals surface area contributed by atoms with Gasteiger partial charge in [-0.25, -0.2) is 4.98 Å². The second kappa shape index (κ2) is 6.31. The molecule has 1 rings (SSSR count). The van der Waals surface area contributed by atoms with Crippen LogP contribution in [0.4, 0.5) is 5.13 Å². The van der Waals surface area contributed by atoms with E-state index in [4.69, 9.17) is 16.2 Å². The number of carbonyl (C=O) groups excluding carboxylic acids is 2. The number of nitrogens with zero attached hydrogens (tertiary/aromatic N) is 1. The molecule has 18 heavy (non-hydrogen) atoms. The molecule has 0 aliphatic rings. The van der Waals surface area contributed by atoms with Gasteiger partial charge in [0.15, 0.2) is 11.2 Å². The second-order valence-electron chi connectivity index (χ2n) is 3.62. The molecule has 100 valence electrons. The number of carbonyl (C=O) groups is 2. The molecule has 0 aliphatic carbocycles. The molecule has 0 saturated carbocycles. The standard InChI is InChI=1S/C10H15N3O4S/c1-5(3-7(14)16-2)17-8(9(11)15)6-4-18-10(12)13-6/h4-5,8H,3H2,1-2H3,(H2,11,15)(H2,12,13). The highest BCUT2D eigenvalue weighted by Crippen LogP contribution is 2.23. The Morgan fingerprint density at radius 1 is 1.56 bits per heavy atom. The van der Waals surface area contributed by atoms with Gasteiger partial charge in [-0.1, -0.05) is 0 Å². The fraction of sp³-hybridized carbons (Fsp3) is 0.500. The number of thiazole rings is 1. The maximum absolute atomic E-state index is 11.3. The van der Waals surface area contributed by atoms with Crippen molar-refractivity contribution in [3.63, 3.8) is 0 Å². The van der Waals surface area contributed by atoms with E-state index in [1.54, 1.807) is 12.3 Å². The van der Waals surface area contributed by atoms with E-state index in [1.807, 2.05) is 0 Å². The minimum absolute atomic E-state index is 0.0277. The van der Waals surface area contributed by atoms with Crippen LogP contribution in [0.5, 0.6) is 0 Å². The van der Waals surface area contributed by atoms with Gasteiger partial charge in [-0.15, -0.1) is 11.3 Å². The SMILES string of the molecule is COC(=O)CC(C)OC(C(N)=O)c1csc(N)n1. The molecule has 7 nitrogen and oxygen atoms in total. The molecule has 0 aliphatic heterocycles. The van der Waals surface area contributed by atoms with Crippen LogP contribution in [-0.2, 0) is 19.1 Å². The van der Waals surface area contributed by atoms with Gasteiger partial charge in [0.25, 0.3) is 5.91 Å². The monoisotopic (exact) mass is 273 g/mol. The van der Waals surface area contributed by atoms with Gasteiger partial charge < -0.3 is 20.9 Å². The average molecular weight is 273 g/mol. The summed E-state index contributed by atoms with van der Waals surface area (Å²) in [5.41, 5.74) is 11.1. The summed E-state index contributed by atoms with van der Waals surface area (Å²) in [7, 11) is 1.28. The number of nitrogen functional groups attached to an aromatic ring is 1. The predicted octanol–water partition coefficient (Wildman–Crippen LogP) is 0.220. The van der Waals surface area contributed by atoms with E-state index >= 15 is 0 Å². The van der Waals surface area contributed by atoms with E-state index < -0.39 is 24.1 Å². The molecule has 8 heteroatoms. The van der Waals surface area contributed by atoms with Crippen LogP contribution in [0.15, 0.2) is 5.38 Å². The normalized spacial score (nSPS) is 13.9. The summed E-state index contributed by atoms with van der Waals surface area (Å²) < 4.78 is 9.90. The number of nitrogens with two attached hydrogens (primary N) is 2. The maximum atomic E-state index is 11.3. The highest BCUT2D eigenvalue weighted by atomic mass is 32.1. The Kier molecular flexibility index (Phi) is 5.05. The van der Waals surface area contributed by atoms with Crippen LogP contribution in [0.2, 0.25) is 0 Å². The van der Waals surface area contributed by atoms with E-state index in [-0.39, 0.29) is 6.42 Å². The van der Waals surface area contributed by atoms with Crippen molar-refractivity contribution in [1.29, 1.82) is 0 Å². The zero-order chi connectivity index (χ0) is 13.7. The minimum Gasteiger partial charge on any atom is -0.469 e. The van der Waals surface area contributed by atoms with Crippen LogP contribution < -0.4 is 11.5 Å². The number of hydrogen-bond donors (Lipinski definition) is 2. The third-order valence-corrected chi connectivity index (χ3v) is 2.81. The number of primary amides is 1. The Hall–Kier alpha value is -1.67. The third kappa shape index (κ3) is 3.97. The van der Waals surface area contributed by atoms with Crippen LogP contribution in [0, 0.1) is 0 Å². The van der Waals surface area contributed by atoms with Gasteiger partial charge in [-0.3, -0.25) is 9.59 Å². The molecule has 2 unspecified atom stereocenters. The number of methoxy groups -OCH3 is 1. The predicted molar refractivity (Wildman–Crippen MR) is 65.6 cm³/mol. The summed E-state index contributed by atoms with van der Waals surface area (Å²) >= 11 is 1.18. The number of hydrogen-bond acceptors (Lipinski definition) is 7. The van der Waals surface area contributed by atoms with Crippen molar-refractivity contribution in [3.05, 3.63) is 11.1 Å². The summed E-state index contributed by atoms with van der Waals surface area (Å²) in [5, 5.41) is 1.91. The van der Waals surface area contributed by atoms with Gasteiger partial charge >= 0.3 is 5.97 Å². The fourth-order valence-corrected chi connectivity index (χ4v) is 1.88. The molecule has 1 aromatic rings. The first-order valence-electron chi connectivity index (χ1n) is 5.16. The fourth-order valence-electron chi connectivity index (χ4n) is 1.30. The maximum Gasteiger partial charge on any atom is 0.308 e. The second-order valence-corrected chi connectivity index (χ2v) is 4.51. The lowest BCUT2D eigenvalue weighted by molar-refractivity contribution is -0.148. The molecule has 0 fully saturated rings. The van der Waals surface area contributed by atoms with Gasteiger partial charge in [0.2, 0.25) is 0 Å². The molecular formula is C10H15N3O4S. The lowest BCUT2D eigenvalue weighted by atomic mass is 10.2. The summed E-state index contributed by atoms with van der Waals surface area (Å²) in [6.07, 6.45) is -1.50. The molecule has 0 aromatic carbocycles. The molecule has 0 radical (unpaired) electrons. The molecule has 1 heterocycles. The zero-order valence-electron chi connectivity index (χ0n) is 10.1. The Balaban J connectivity index is 2.70. The van der Waals surface area contributed by atoms with E-state index in [0.717, 1.165) is 0 Å². The van der Waals surface area contributed by atoms with Crippen LogP contribution in [0.25, 0.3) is 0 Å². The number of amides is 1. The minimum atomic E-state index is -1.02. The molecule has 0 spiro atoms. The van der Waals surface area contributed by atoms with Gasteiger partial charge in [-0.05, 0) is 6.92 Å². The van der Waals surface area contributed by atoms with Crippen LogP contribution in [0.1, 0.15) is 25.1 Å². The summed E-state index contributed by atoms with van der Waals surface area (Å²) in [5.74, 6) is -1.11. The Labute approximate surface area is 108 Å². The highest BCUT2D eigenvalue weighted by Gasteiger charge is 2.25. The van der Waals surface area contributed by atoms with Gasteiger partial charge in [0, 0.05) is 5.38 Å². The number of rotatable bonds is 6. The summed E-state index contributed by atoms with van der Waals surface area (Å²) in [6, 6.07) is 0. The summed E-state index contributed by atoms with van der Waals surface area (Å²) in [4.78, 5) is 26.3. The van der Waals surface area contributed by atoms with E-state index in [9.17, 15) is 9.59 Å². The van der Waals surface area contributed by atoms with Crippen LogP contribution >= 0.6 is 11.3 Å². The smallest absolute Gasteiger partial charge is 0.308 e. The van der Waals surface area contributed by atoms with E-state index in [1.165, 1.54) is 18.4 Å². The molecule has 4 N–H and O–H groups in total. The van der Waals surface area contributed by atoms with Gasteiger partial charge in [0.1, 0.15) is 0 Å².